The number of hydrogen-bond donors (Lipinski definition) is 2. The van der Waals surface area contributed by atoms with Crippen molar-refractivity contribution < 1.29 is 27.5 Å². The average molecular weight is 488 g/mol. The largest absolute Gasteiger partial charge is 0.464 e. The molecule has 2 N–H and O–H groups in total. The first kappa shape index (κ1) is 25.4. The summed E-state index contributed by atoms with van der Waals surface area (Å²) >= 11 is 0. The van der Waals surface area contributed by atoms with Gasteiger partial charge in [0.1, 0.15) is 5.69 Å². The first-order valence-corrected chi connectivity index (χ1v) is 12.7. The van der Waals surface area contributed by atoms with Crippen LogP contribution in [0, 0.1) is 5.92 Å². The second-order valence-electron chi connectivity index (χ2n) is 8.31. The monoisotopic (exact) mass is 487 g/mol. The molecule has 0 saturated heterocycles. The predicted octanol–water partition coefficient (Wildman–Crippen LogP) is 2.62. The van der Waals surface area contributed by atoms with Crippen LogP contribution in [0.25, 0.3) is 0 Å². The number of sulfonamides is 1. The van der Waals surface area contributed by atoms with Crippen molar-refractivity contribution in [3.63, 3.8) is 0 Å². The van der Waals surface area contributed by atoms with Gasteiger partial charge >= 0.3 is 5.97 Å². The standard InChI is InChI=1S/C24H29N3O6S/c1-33-24(30)21-11-10-19(16-26-21)23(29)27-34(31,32)20-9-5-8-18(14-20)12-13-25-22(28)15-17-6-3-2-4-7-17/h5,8-11,14,16-17H,2-4,6-7,12-13,15H2,1H3,(H,25,28)(H,27,29). The summed E-state index contributed by atoms with van der Waals surface area (Å²) in [6.07, 6.45) is 7.92. The van der Waals surface area contributed by atoms with Crippen LogP contribution in [0.4, 0.5) is 0 Å². The highest BCUT2D eigenvalue weighted by molar-refractivity contribution is 7.90. The first-order valence-electron chi connectivity index (χ1n) is 11.3. The number of hydrogen-bond acceptors (Lipinski definition) is 7. The summed E-state index contributed by atoms with van der Waals surface area (Å²) in [4.78, 5) is 39.7. The Hall–Kier alpha value is -3.27. The van der Waals surface area contributed by atoms with Crippen LogP contribution in [-0.2, 0) is 26.0 Å². The highest BCUT2D eigenvalue weighted by atomic mass is 32.2. The SMILES string of the molecule is COC(=O)c1ccc(C(=O)NS(=O)(=O)c2cccc(CCNC(=O)CC3CCCCC3)c2)cn1. The highest BCUT2D eigenvalue weighted by Crippen LogP contribution is 2.26. The zero-order valence-corrected chi connectivity index (χ0v) is 19.9. The van der Waals surface area contributed by atoms with Crippen molar-refractivity contribution in [2.45, 2.75) is 49.8 Å². The number of esters is 1. The Kier molecular flexibility index (Phi) is 8.75. The van der Waals surface area contributed by atoms with Gasteiger partial charge in [0, 0.05) is 19.2 Å². The normalized spacial score (nSPS) is 14.3. The minimum absolute atomic E-state index is 0.000408. The van der Waals surface area contributed by atoms with Crippen molar-refractivity contribution in [3.05, 3.63) is 59.4 Å². The maximum absolute atomic E-state index is 12.7. The van der Waals surface area contributed by atoms with E-state index in [9.17, 15) is 22.8 Å². The maximum Gasteiger partial charge on any atom is 0.356 e. The Morgan fingerprint density at radius 3 is 2.53 bits per heavy atom. The first-order chi connectivity index (χ1) is 16.3. The number of rotatable bonds is 9. The van der Waals surface area contributed by atoms with Crippen molar-refractivity contribution in [1.29, 1.82) is 0 Å². The molecule has 182 valence electrons. The van der Waals surface area contributed by atoms with E-state index < -0.39 is 21.9 Å². The molecular formula is C24H29N3O6S. The number of methoxy groups -OCH3 is 1. The van der Waals surface area contributed by atoms with Gasteiger partial charge in [-0.1, -0.05) is 31.4 Å². The molecule has 1 aromatic heterocycles. The molecule has 2 aromatic rings. The Bertz CT molecular complexity index is 1130. The number of carbonyl (C=O) groups is 3. The number of aromatic nitrogens is 1. The average Bonchev–Trinajstić information content (AvgIpc) is 2.84. The third kappa shape index (κ3) is 7.11. The van der Waals surface area contributed by atoms with E-state index in [1.165, 1.54) is 50.6 Å². The van der Waals surface area contributed by atoms with E-state index in [1.807, 2.05) is 4.72 Å². The molecule has 1 fully saturated rings. The molecule has 0 radical (unpaired) electrons. The summed E-state index contributed by atoms with van der Waals surface area (Å²) in [5, 5.41) is 2.91. The number of benzene rings is 1. The van der Waals surface area contributed by atoms with Crippen molar-refractivity contribution in [2.75, 3.05) is 13.7 Å². The summed E-state index contributed by atoms with van der Waals surface area (Å²) in [5.74, 6) is -1.06. The van der Waals surface area contributed by atoms with Crippen LogP contribution in [0.15, 0.2) is 47.5 Å². The van der Waals surface area contributed by atoms with E-state index in [-0.39, 0.29) is 22.1 Å². The summed E-state index contributed by atoms with van der Waals surface area (Å²) in [5.41, 5.74) is 0.700. The summed E-state index contributed by atoms with van der Waals surface area (Å²) in [7, 11) is -2.92. The van der Waals surface area contributed by atoms with Crippen molar-refractivity contribution in [3.8, 4) is 0 Å². The Morgan fingerprint density at radius 2 is 1.85 bits per heavy atom. The van der Waals surface area contributed by atoms with Crippen LogP contribution in [0.5, 0.6) is 0 Å². The number of nitrogens with one attached hydrogen (secondary N) is 2. The molecule has 2 amide bonds. The fraction of sp³-hybridized carbons (Fsp3) is 0.417. The fourth-order valence-electron chi connectivity index (χ4n) is 3.93. The lowest BCUT2D eigenvalue weighted by atomic mass is 9.87. The lowest BCUT2D eigenvalue weighted by Crippen LogP contribution is -2.31. The van der Waals surface area contributed by atoms with E-state index >= 15 is 0 Å². The number of carbonyl (C=O) groups excluding carboxylic acids is 3. The predicted molar refractivity (Wildman–Crippen MR) is 125 cm³/mol. The van der Waals surface area contributed by atoms with Gasteiger partial charge in [-0.15, -0.1) is 0 Å². The van der Waals surface area contributed by atoms with E-state index in [0.717, 1.165) is 24.6 Å². The van der Waals surface area contributed by atoms with Crippen molar-refractivity contribution in [1.82, 2.24) is 15.0 Å². The Morgan fingerprint density at radius 1 is 1.09 bits per heavy atom. The molecule has 0 unspecified atom stereocenters. The minimum atomic E-state index is -4.13. The molecule has 34 heavy (non-hydrogen) atoms. The van der Waals surface area contributed by atoms with Gasteiger partial charge in [0.05, 0.1) is 17.6 Å². The topological polar surface area (TPSA) is 132 Å². The molecule has 0 bridgehead atoms. The van der Waals surface area contributed by atoms with Gasteiger partial charge in [-0.05, 0) is 55.0 Å². The van der Waals surface area contributed by atoms with Gasteiger partial charge < -0.3 is 10.1 Å². The van der Waals surface area contributed by atoms with Gasteiger partial charge in [0.25, 0.3) is 15.9 Å². The highest BCUT2D eigenvalue weighted by Gasteiger charge is 2.20. The van der Waals surface area contributed by atoms with E-state index in [4.69, 9.17) is 0 Å². The number of pyridine rings is 1. The maximum atomic E-state index is 12.7. The molecule has 3 rings (SSSR count). The van der Waals surface area contributed by atoms with Gasteiger partial charge in [-0.2, -0.15) is 0 Å². The smallest absolute Gasteiger partial charge is 0.356 e. The van der Waals surface area contributed by atoms with Crippen LogP contribution in [0.1, 0.15) is 64.9 Å². The van der Waals surface area contributed by atoms with Crippen LogP contribution < -0.4 is 10.0 Å². The van der Waals surface area contributed by atoms with Crippen LogP contribution >= 0.6 is 0 Å². The third-order valence-electron chi connectivity index (χ3n) is 5.79. The second kappa shape index (κ2) is 11.7. The zero-order chi connectivity index (χ0) is 24.6. The molecule has 1 aromatic carbocycles. The minimum Gasteiger partial charge on any atom is -0.464 e. The van der Waals surface area contributed by atoms with Crippen molar-refractivity contribution >= 4 is 27.8 Å². The third-order valence-corrected chi connectivity index (χ3v) is 7.12. The Labute approximate surface area is 199 Å². The van der Waals surface area contributed by atoms with Crippen LogP contribution in [0.3, 0.4) is 0 Å². The summed E-state index contributed by atoms with van der Waals surface area (Å²) < 4.78 is 31.9. The molecule has 0 aliphatic heterocycles. The zero-order valence-electron chi connectivity index (χ0n) is 19.1. The molecule has 1 saturated carbocycles. The van der Waals surface area contributed by atoms with Gasteiger partial charge in [-0.3, -0.25) is 9.59 Å². The van der Waals surface area contributed by atoms with E-state index in [0.29, 0.717) is 25.3 Å². The quantitative estimate of drug-likeness (QED) is 0.520. The lowest BCUT2D eigenvalue weighted by Gasteiger charge is -2.20. The molecule has 1 heterocycles. The molecule has 1 aliphatic carbocycles. The molecule has 1 aliphatic rings. The number of nitrogens with zero attached hydrogens (tertiary/aromatic N) is 1. The van der Waals surface area contributed by atoms with Crippen LogP contribution in [0.2, 0.25) is 0 Å². The second-order valence-corrected chi connectivity index (χ2v) is 10.00. The molecular weight excluding hydrogens is 458 g/mol. The van der Waals surface area contributed by atoms with Crippen molar-refractivity contribution in [2.24, 2.45) is 5.92 Å². The number of ether oxygens (including phenoxy) is 1. The van der Waals surface area contributed by atoms with Gasteiger partial charge in [0.2, 0.25) is 5.91 Å². The summed E-state index contributed by atoms with van der Waals surface area (Å²) in [6.45, 7) is 0.402. The molecule has 0 spiro atoms. The number of amides is 2. The lowest BCUT2D eigenvalue weighted by molar-refractivity contribution is -0.122. The molecule has 10 heteroatoms. The Balaban J connectivity index is 1.55. The van der Waals surface area contributed by atoms with E-state index in [2.05, 4.69) is 15.0 Å². The summed E-state index contributed by atoms with van der Waals surface area (Å²) in [6, 6.07) is 8.78. The fourth-order valence-corrected chi connectivity index (χ4v) is 4.98. The van der Waals surface area contributed by atoms with Gasteiger partial charge in [0.15, 0.2) is 0 Å². The van der Waals surface area contributed by atoms with Gasteiger partial charge in [-0.25, -0.2) is 22.9 Å². The van der Waals surface area contributed by atoms with Crippen LogP contribution in [-0.4, -0.2) is 44.8 Å². The molecule has 0 atom stereocenters. The molecule has 9 nitrogen and oxygen atoms in total. The van der Waals surface area contributed by atoms with E-state index in [1.54, 1.807) is 12.1 Å².